The molecule has 0 unspecified atom stereocenters. The second-order valence-corrected chi connectivity index (χ2v) is 4.91. The Balaban J connectivity index is 2.07. The van der Waals surface area contributed by atoms with Gasteiger partial charge in [0.25, 0.3) is 0 Å². The van der Waals surface area contributed by atoms with E-state index < -0.39 is 0 Å². The van der Waals surface area contributed by atoms with E-state index in [-0.39, 0.29) is 12.5 Å². The van der Waals surface area contributed by atoms with Crippen molar-refractivity contribution in [3.8, 4) is 11.9 Å². The number of amides is 1. The van der Waals surface area contributed by atoms with E-state index in [9.17, 15) is 10.1 Å². The van der Waals surface area contributed by atoms with E-state index in [0.717, 1.165) is 0 Å². The van der Waals surface area contributed by atoms with Crippen LogP contribution < -0.4 is 9.64 Å². The SMILES string of the molecule is COc1ccc(N(C#N)CC(=O)N2CCOCC2)cc1Cl. The lowest BCUT2D eigenvalue weighted by molar-refractivity contribution is -0.133. The smallest absolute Gasteiger partial charge is 0.243 e. The Labute approximate surface area is 128 Å². The fraction of sp³-hybridized carbons (Fsp3) is 0.429. The van der Waals surface area contributed by atoms with Gasteiger partial charge in [0.1, 0.15) is 12.3 Å². The maximum absolute atomic E-state index is 12.2. The van der Waals surface area contributed by atoms with Crippen LogP contribution in [0.5, 0.6) is 5.75 Å². The minimum absolute atomic E-state index is 0.0147. The molecule has 0 atom stereocenters. The van der Waals surface area contributed by atoms with Crippen LogP contribution in [-0.2, 0) is 9.53 Å². The predicted molar refractivity (Wildman–Crippen MR) is 78.4 cm³/mol. The van der Waals surface area contributed by atoms with Crippen molar-refractivity contribution in [1.82, 2.24) is 4.90 Å². The van der Waals surface area contributed by atoms with Gasteiger partial charge in [-0.15, -0.1) is 0 Å². The average molecular weight is 310 g/mol. The summed E-state index contributed by atoms with van der Waals surface area (Å²) in [5.41, 5.74) is 0.560. The van der Waals surface area contributed by atoms with Crippen molar-refractivity contribution in [2.45, 2.75) is 0 Å². The van der Waals surface area contributed by atoms with Crippen LogP contribution in [0, 0.1) is 11.5 Å². The van der Waals surface area contributed by atoms with Gasteiger partial charge in [0, 0.05) is 13.1 Å². The first-order valence-electron chi connectivity index (χ1n) is 6.52. The summed E-state index contributed by atoms with van der Waals surface area (Å²) in [6.45, 7) is 2.17. The molecule has 112 valence electrons. The number of methoxy groups -OCH3 is 1. The molecule has 7 heteroatoms. The zero-order valence-electron chi connectivity index (χ0n) is 11.7. The highest BCUT2D eigenvalue weighted by Crippen LogP contribution is 2.28. The highest BCUT2D eigenvalue weighted by molar-refractivity contribution is 6.32. The van der Waals surface area contributed by atoms with Gasteiger partial charge in [0.15, 0.2) is 6.19 Å². The first kappa shape index (κ1) is 15.4. The second kappa shape index (κ2) is 7.16. The molecule has 0 aliphatic carbocycles. The highest BCUT2D eigenvalue weighted by atomic mass is 35.5. The lowest BCUT2D eigenvalue weighted by atomic mass is 10.2. The van der Waals surface area contributed by atoms with E-state index in [1.807, 2.05) is 6.19 Å². The van der Waals surface area contributed by atoms with Crippen LogP contribution in [0.4, 0.5) is 5.69 Å². The van der Waals surface area contributed by atoms with E-state index in [0.29, 0.717) is 42.8 Å². The molecule has 21 heavy (non-hydrogen) atoms. The minimum atomic E-state index is -0.105. The summed E-state index contributed by atoms with van der Waals surface area (Å²) in [5, 5.41) is 9.65. The molecule has 0 radical (unpaired) electrons. The van der Waals surface area contributed by atoms with Crippen molar-refractivity contribution in [2.24, 2.45) is 0 Å². The van der Waals surface area contributed by atoms with Crippen LogP contribution in [0.25, 0.3) is 0 Å². The Bertz CT molecular complexity index is 553. The maximum Gasteiger partial charge on any atom is 0.243 e. The minimum Gasteiger partial charge on any atom is -0.495 e. The van der Waals surface area contributed by atoms with Gasteiger partial charge in [-0.3, -0.25) is 9.69 Å². The number of halogens is 1. The number of nitrogens with zero attached hydrogens (tertiary/aromatic N) is 3. The number of rotatable bonds is 4. The molecule has 1 amide bonds. The van der Waals surface area contributed by atoms with E-state index in [4.69, 9.17) is 21.1 Å². The maximum atomic E-state index is 12.2. The van der Waals surface area contributed by atoms with Gasteiger partial charge in [-0.2, -0.15) is 5.26 Å². The quantitative estimate of drug-likeness (QED) is 0.623. The van der Waals surface area contributed by atoms with Crippen LogP contribution in [0.1, 0.15) is 0 Å². The third-order valence-electron chi connectivity index (χ3n) is 3.22. The Kier molecular flexibility index (Phi) is 5.26. The Morgan fingerprint density at radius 2 is 2.24 bits per heavy atom. The summed E-state index contributed by atoms with van der Waals surface area (Å²) in [7, 11) is 1.52. The molecule has 1 aliphatic rings. The monoisotopic (exact) mass is 309 g/mol. The van der Waals surface area contributed by atoms with Crippen molar-refractivity contribution < 1.29 is 14.3 Å². The number of hydrogen-bond acceptors (Lipinski definition) is 5. The molecule has 0 N–H and O–H groups in total. The Morgan fingerprint density at radius 1 is 1.52 bits per heavy atom. The largest absolute Gasteiger partial charge is 0.495 e. The number of nitriles is 1. The van der Waals surface area contributed by atoms with Crippen LogP contribution >= 0.6 is 11.6 Å². The van der Waals surface area contributed by atoms with Gasteiger partial charge < -0.3 is 14.4 Å². The molecular weight excluding hydrogens is 294 g/mol. The van der Waals surface area contributed by atoms with Gasteiger partial charge in [0.2, 0.25) is 5.91 Å². The van der Waals surface area contributed by atoms with Crippen molar-refractivity contribution in [2.75, 3.05) is 44.9 Å². The van der Waals surface area contributed by atoms with Gasteiger partial charge in [-0.25, -0.2) is 0 Å². The molecule has 1 heterocycles. The lowest BCUT2D eigenvalue weighted by Crippen LogP contribution is -2.45. The average Bonchev–Trinajstić information content (AvgIpc) is 2.53. The number of benzene rings is 1. The topological polar surface area (TPSA) is 65.8 Å². The van der Waals surface area contributed by atoms with Crippen molar-refractivity contribution in [3.05, 3.63) is 23.2 Å². The molecule has 6 nitrogen and oxygen atoms in total. The predicted octanol–water partition coefficient (Wildman–Crippen LogP) is 1.49. The zero-order chi connectivity index (χ0) is 15.2. The molecule has 1 fully saturated rings. The molecule has 1 aliphatic heterocycles. The molecule has 0 saturated carbocycles. The third-order valence-corrected chi connectivity index (χ3v) is 3.52. The fourth-order valence-corrected chi connectivity index (χ4v) is 2.31. The summed E-state index contributed by atoms with van der Waals surface area (Å²) in [5.74, 6) is 0.421. The standard InChI is InChI=1S/C14H16ClN3O3/c1-20-13-3-2-11(8-12(13)15)18(10-16)9-14(19)17-4-6-21-7-5-17/h2-3,8H,4-7,9H2,1H3. The third kappa shape index (κ3) is 3.78. The summed E-state index contributed by atoms with van der Waals surface area (Å²) in [4.78, 5) is 15.2. The number of hydrogen-bond donors (Lipinski definition) is 0. The Morgan fingerprint density at radius 3 is 2.81 bits per heavy atom. The van der Waals surface area contributed by atoms with Gasteiger partial charge in [-0.1, -0.05) is 11.6 Å². The van der Waals surface area contributed by atoms with Crippen molar-refractivity contribution >= 4 is 23.2 Å². The first-order valence-corrected chi connectivity index (χ1v) is 6.90. The van der Waals surface area contributed by atoms with E-state index in [1.54, 1.807) is 23.1 Å². The van der Waals surface area contributed by atoms with E-state index >= 15 is 0 Å². The second-order valence-electron chi connectivity index (χ2n) is 4.50. The molecule has 1 aromatic carbocycles. The first-order chi connectivity index (χ1) is 10.2. The molecule has 1 saturated heterocycles. The number of morpholine rings is 1. The summed E-state index contributed by atoms with van der Waals surface area (Å²) >= 11 is 6.04. The number of ether oxygens (including phenoxy) is 2. The van der Waals surface area contributed by atoms with E-state index in [2.05, 4.69) is 0 Å². The summed E-state index contributed by atoms with van der Waals surface area (Å²) in [6.07, 6.45) is 2.01. The lowest BCUT2D eigenvalue weighted by Gasteiger charge is -2.28. The summed E-state index contributed by atoms with van der Waals surface area (Å²) < 4.78 is 10.3. The van der Waals surface area contributed by atoms with Crippen LogP contribution in [0.2, 0.25) is 5.02 Å². The van der Waals surface area contributed by atoms with Crippen molar-refractivity contribution in [3.63, 3.8) is 0 Å². The normalized spacial score (nSPS) is 14.4. The molecule has 2 rings (SSSR count). The number of carbonyl (C=O) groups excluding carboxylic acids is 1. The van der Waals surface area contributed by atoms with Crippen LogP contribution in [0.15, 0.2) is 18.2 Å². The molecular formula is C14H16ClN3O3. The van der Waals surface area contributed by atoms with Crippen LogP contribution in [0.3, 0.4) is 0 Å². The van der Waals surface area contributed by atoms with Crippen molar-refractivity contribution in [1.29, 1.82) is 5.26 Å². The fourth-order valence-electron chi connectivity index (χ4n) is 2.06. The molecule has 0 bridgehead atoms. The number of carbonyl (C=O) groups is 1. The van der Waals surface area contributed by atoms with Gasteiger partial charge in [-0.05, 0) is 18.2 Å². The zero-order valence-corrected chi connectivity index (χ0v) is 12.5. The Hall–Kier alpha value is -1.97. The van der Waals surface area contributed by atoms with Gasteiger partial charge in [0.05, 0.1) is 31.0 Å². The van der Waals surface area contributed by atoms with Gasteiger partial charge >= 0.3 is 0 Å². The highest BCUT2D eigenvalue weighted by Gasteiger charge is 2.20. The molecule has 0 spiro atoms. The molecule has 0 aromatic heterocycles. The summed E-state index contributed by atoms with van der Waals surface area (Å²) in [6, 6.07) is 4.97. The molecule has 1 aromatic rings. The number of anilines is 1. The van der Waals surface area contributed by atoms with E-state index in [1.165, 1.54) is 12.0 Å². The van der Waals surface area contributed by atoms with Crippen LogP contribution in [-0.4, -0.2) is 50.8 Å².